The smallest absolute Gasteiger partial charge is 0.273 e. The van der Waals surface area contributed by atoms with Crippen LogP contribution in [-0.2, 0) is 0 Å². The molecule has 1 aliphatic rings. The topological polar surface area (TPSA) is 79.6 Å². The number of nitro benzene ring substituents is 1. The normalized spacial score (nSPS) is 14.5. The zero-order chi connectivity index (χ0) is 22.0. The van der Waals surface area contributed by atoms with Crippen LogP contribution in [0.5, 0.6) is 0 Å². The maximum atomic E-state index is 13.1. The molecular weight excluding hydrogens is 419 g/mol. The lowest BCUT2D eigenvalue weighted by Gasteiger charge is -2.37. The van der Waals surface area contributed by atoms with E-state index in [1.165, 1.54) is 35.6 Å². The first kappa shape index (κ1) is 20.9. The average Bonchev–Trinajstić information content (AvgIpc) is 3.29. The molecule has 0 bridgehead atoms. The molecule has 160 valence electrons. The van der Waals surface area contributed by atoms with E-state index in [4.69, 9.17) is 0 Å². The van der Waals surface area contributed by atoms with Crippen molar-refractivity contribution >= 4 is 28.6 Å². The van der Waals surface area contributed by atoms with Crippen LogP contribution >= 0.6 is 11.3 Å². The Morgan fingerprint density at radius 3 is 2.42 bits per heavy atom. The molecule has 1 fully saturated rings. The minimum atomic E-state index is -0.447. The van der Waals surface area contributed by atoms with Crippen molar-refractivity contribution < 1.29 is 14.1 Å². The third-order valence-electron chi connectivity index (χ3n) is 5.57. The molecule has 4 rings (SSSR count). The van der Waals surface area contributed by atoms with Crippen molar-refractivity contribution in [2.75, 3.05) is 25.0 Å². The van der Waals surface area contributed by atoms with Crippen LogP contribution in [-0.4, -0.2) is 46.9 Å². The number of piperidine rings is 1. The summed E-state index contributed by atoms with van der Waals surface area (Å²) >= 11 is 1.34. The number of thiazole rings is 1. The Labute approximate surface area is 182 Å². The van der Waals surface area contributed by atoms with Crippen molar-refractivity contribution in [3.8, 4) is 10.6 Å². The van der Waals surface area contributed by atoms with Gasteiger partial charge in [0.15, 0.2) is 0 Å². The molecule has 2 heterocycles. The summed E-state index contributed by atoms with van der Waals surface area (Å²) in [5.74, 6) is -0.384. The van der Waals surface area contributed by atoms with E-state index in [2.05, 4.69) is 9.88 Å². The lowest BCUT2D eigenvalue weighted by molar-refractivity contribution is -0.384. The fourth-order valence-corrected chi connectivity index (χ4v) is 4.54. The first-order valence-corrected chi connectivity index (χ1v) is 10.8. The Bertz CT molecular complexity index is 1080. The van der Waals surface area contributed by atoms with Gasteiger partial charge in [0.1, 0.15) is 16.5 Å². The van der Waals surface area contributed by atoms with E-state index in [1.807, 2.05) is 0 Å². The average molecular weight is 441 g/mol. The van der Waals surface area contributed by atoms with Gasteiger partial charge in [-0.15, -0.1) is 11.3 Å². The van der Waals surface area contributed by atoms with E-state index in [9.17, 15) is 19.3 Å². The number of amides is 1. The second kappa shape index (κ2) is 8.81. The molecule has 0 atom stereocenters. The molecule has 1 aromatic heterocycles. The zero-order valence-electron chi connectivity index (χ0n) is 16.9. The summed E-state index contributed by atoms with van der Waals surface area (Å²) in [6, 6.07) is 12.7. The van der Waals surface area contributed by atoms with Crippen LogP contribution in [0.1, 0.15) is 23.3 Å². The molecule has 31 heavy (non-hydrogen) atoms. The van der Waals surface area contributed by atoms with Crippen LogP contribution in [0.15, 0.2) is 53.9 Å². The van der Waals surface area contributed by atoms with Gasteiger partial charge in [-0.25, -0.2) is 9.37 Å². The van der Waals surface area contributed by atoms with Crippen LogP contribution in [0.4, 0.5) is 15.8 Å². The van der Waals surface area contributed by atoms with Crippen LogP contribution < -0.4 is 4.90 Å². The fraction of sp³-hybridized carbons (Fsp3) is 0.273. The summed E-state index contributed by atoms with van der Waals surface area (Å²) in [7, 11) is 1.80. The molecule has 2 aromatic carbocycles. The van der Waals surface area contributed by atoms with Gasteiger partial charge in [-0.2, -0.15) is 0 Å². The zero-order valence-corrected chi connectivity index (χ0v) is 17.7. The number of anilines is 1. The van der Waals surface area contributed by atoms with E-state index in [-0.39, 0.29) is 23.5 Å². The first-order chi connectivity index (χ1) is 14.9. The number of non-ortho nitro benzene ring substituents is 1. The lowest BCUT2D eigenvalue weighted by Crippen LogP contribution is -2.45. The Balaban J connectivity index is 1.38. The fourth-order valence-electron chi connectivity index (χ4n) is 3.74. The van der Waals surface area contributed by atoms with Crippen LogP contribution in [0.25, 0.3) is 10.6 Å². The highest BCUT2D eigenvalue weighted by Crippen LogP contribution is 2.27. The van der Waals surface area contributed by atoms with Crippen molar-refractivity contribution in [3.63, 3.8) is 0 Å². The predicted molar refractivity (Wildman–Crippen MR) is 118 cm³/mol. The summed E-state index contributed by atoms with van der Waals surface area (Å²) in [5.41, 5.74) is 2.12. The Hall–Kier alpha value is -3.33. The number of carbonyl (C=O) groups excluding carboxylic acids is 1. The molecule has 0 aliphatic carbocycles. The van der Waals surface area contributed by atoms with Crippen LogP contribution in [0, 0.1) is 15.9 Å². The van der Waals surface area contributed by atoms with Crippen molar-refractivity contribution in [2.24, 2.45) is 0 Å². The van der Waals surface area contributed by atoms with Crippen molar-refractivity contribution in [2.45, 2.75) is 18.9 Å². The highest BCUT2D eigenvalue weighted by Gasteiger charge is 2.27. The molecule has 0 unspecified atom stereocenters. The minimum absolute atomic E-state index is 0.0170. The third kappa shape index (κ3) is 4.56. The van der Waals surface area contributed by atoms with Gasteiger partial charge < -0.3 is 9.80 Å². The second-order valence-corrected chi connectivity index (χ2v) is 8.31. The number of rotatable bonds is 5. The summed E-state index contributed by atoms with van der Waals surface area (Å²) in [6.07, 6.45) is 1.64. The molecule has 1 aliphatic heterocycles. The lowest BCUT2D eigenvalue weighted by atomic mass is 10.0. The SMILES string of the molecule is CN(C(=O)c1csc(-c2ccc([N+](=O)[O-])cc2)n1)C1CCN(c2ccc(F)cc2)CC1. The van der Waals surface area contributed by atoms with Gasteiger partial charge in [-0.3, -0.25) is 14.9 Å². The number of nitro groups is 1. The number of carbonyl (C=O) groups is 1. The van der Waals surface area contributed by atoms with Crippen molar-refractivity contribution in [1.82, 2.24) is 9.88 Å². The highest BCUT2D eigenvalue weighted by atomic mass is 32.1. The van der Waals surface area contributed by atoms with Crippen LogP contribution in [0.2, 0.25) is 0 Å². The molecule has 0 spiro atoms. The molecule has 1 amide bonds. The van der Waals surface area contributed by atoms with E-state index in [1.54, 1.807) is 41.6 Å². The van der Waals surface area contributed by atoms with Gasteiger partial charge in [-0.1, -0.05) is 0 Å². The standard InChI is InChI=1S/C22H21FN4O3S/c1-25(17-10-12-26(13-11-17)18-8-4-16(23)5-9-18)22(28)20-14-31-21(24-20)15-2-6-19(7-3-15)27(29)30/h2-9,14,17H,10-13H2,1H3. The van der Waals surface area contributed by atoms with Gasteiger partial charge in [-0.05, 0) is 49.2 Å². The highest BCUT2D eigenvalue weighted by molar-refractivity contribution is 7.13. The predicted octanol–water partition coefficient (Wildman–Crippen LogP) is 4.60. The number of hydrogen-bond acceptors (Lipinski definition) is 6. The quantitative estimate of drug-likeness (QED) is 0.428. The molecule has 0 N–H and O–H groups in total. The number of nitrogens with zero attached hydrogens (tertiary/aromatic N) is 4. The van der Waals surface area contributed by atoms with E-state index in [0.717, 1.165) is 37.2 Å². The van der Waals surface area contributed by atoms with Gasteiger partial charge >= 0.3 is 0 Å². The summed E-state index contributed by atoms with van der Waals surface area (Å²) in [6.45, 7) is 1.58. The largest absolute Gasteiger partial charge is 0.371 e. The van der Waals surface area contributed by atoms with Crippen molar-refractivity contribution in [3.05, 3.63) is 75.5 Å². The van der Waals surface area contributed by atoms with Crippen LogP contribution in [0.3, 0.4) is 0 Å². The number of halogens is 1. The first-order valence-electron chi connectivity index (χ1n) is 9.90. The Kier molecular flexibility index (Phi) is 5.94. The Morgan fingerprint density at radius 2 is 1.81 bits per heavy atom. The maximum absolute atomic E-state index is 13.1. The molecule has 0 saturated carbocycles. The molecule has 9 heteroatoms. The van der Waals surface area contributed by atoms with E-state index >= 15 is 0 Å². The molecule has 3 aromatic rings. The molecule has 1 saturated heterocycles. The maximum Gasteiger partial charge on any atom is 0.273 e. The monoisotopic (exact) mass is 440 g/mol. The van der Waals surface area contributed by atoms with Gasteiger partial charge in [0, 0.05) is 54.9 Å². The second-order valence-electron chi connectivity index (χ2n) is 7.45. The molecule has 0 radical (unpaired) electrons. The van der Waals surface area contributed by atoms with E-state index < -0.39 is 4.92 Å². The third-order valence-corrected chi connectivity index (χ3v) is 6.46. The van der Waals surface area contributed by atoms with Crippen molar-refractivity contribution in [1.29, 1.82) is 0 Å². The molecular formula is C22H21FN4O3S. The Morgan fingerprint density at radius 1 is 1.16 bits per heavy atom. The summed E-state index contributed by atoms with van der Waals surface area (Å²) in [5, 5.41) is 13.2. The number of aromatic nitrogens is 1. The van der Waals surface area contributed by atoms with Gasteiger partial charge in [0.05, 0.1) is 4.92 Å². The van der Waals surface area contributed by atoms with Gasteiger partial charge in [0.2, 0.25) is 0 Å². The summed E-state index contributed by atoms with van der Waals surface area (Å²) in [4.78, 5) is 31.7. The molecule has 7 nitrogen and oxygen atoms in total. The summed E-state index contributed by atoms with van der Waals surface area (Å²) < 4.78 is 13.1. The number of benzene rings is 2. The van der Waals surface area contributed by atoms with E-state index in [0.29, 0.717) is 10.7 Å². The minimum Gasteiger partial charge on any atom is -0.371 e. The number of hydrogen-bond donors (Lipinski definition) is 0. The van der Waals surface area contributed by atoms with Gasteiger partial charge in [0.25, 0.3) is 11.6 Å².